The Morgan fingerprint density at radius 3 is 2.85 bits per heavy atom. The third kappa shape index (κ3) is 2.28. The summed E-state index contributed by atoms with van der Waals surface area (Å²) in [4.78, 5) is 0. The number of hydrogen-bond donors (Lipinski definition) is 1. The predicted molar refractivity (Wildman–Crippen MR) is 77.5 cm³/mol. The number of halogens is 2. The highest BCUT2D eigenvalue weighted by molar-refractivity contribution is 6.30. The van der Waals surface area contributed by atoms with Crippen molar-refractivity contribution < 1.29 is 9.13 Å². The Morgan fingerprint density at radius 2 is 2.05 bits per heavy atom. The van der Waals surface area contributed by atoms with Gasteiger partial charge < -0.3 is 10.5 Å². The second kappa shape index (κ2) is 5.08. The van der Waals surface area contributed by atoms with Crippen molar-refractivity contribution in [2.45, 2.75) is 25.5 Å². The molecular weight excluding hydrogens is 277 g/mol. The summed E-state index contributed by atoms with van der Waals surface area (Å²) in [5.41, 5.74) is 8.76. The summed E-state index contributed by atoms with van der Waals surface area (Å²) in [7, 11) is 0. The van der Waals surface area contributed by atoms with Gasteiger partial charge in [-0.3, -0.25) is 0 Å². The normalized spacial score (nSPS) is 21.2. The van der Waals surface area contributed by atoms with Gasteiger partial charge in [0.25, 0.3) is 0 Å². The molecule has 0 fully saturated rings. The smallest absolute Gasteiger partial charge is 0.148 e. The van der Waals surface area contributed by atoms with E-state index in [1.807, 2.05) is 25.1 Å². The molecule has 2 aromatic carbocycles. The summed E-state index contributed by atoms with van der Waals surface area (Å²) in [6.45, 7) is 2.01. The fourth-order valence-corrected chi connectivity index (χ4v) is 2.77. The van der Waals surface area contributed by atoms with Gasteiger partial charge in [-0.15, -0.1) is 0 Å². The maximum Gasteiger partial charge on any atom is 0.148 e. The third-order valence-electron chi connectivity index (χ3n) is 3.63. The average Bonchev–Trinajstić information content (AvgIpc) is 2.42. The molecule has 0 radical (unpaired) electrons. The molecular formula is C16H15ClFNO. The van der Waals surface area contributed by atoms with Crippen LogP contribution in [0.5, 0.6) is 5.75 Å². The first kappa shape index (κ1) is 13.4. The molecule has 104 valence electrons. The Hall–Kier alpha value is -1.58. The van der Waals surface area contributed by atoms with Crippen LogP contribution in [0.3, 0.4) is 0 Å². The Morgan fingerprint density at radius 1 is 1.25 bits per heavy atom. The van der Waals surface area contributed by atoms with Gasteiger partial charge in [0.15, 0.2) is 0 Å². The standard InChI is InChI=1S/C16H15ClFNO/c1-9-5-6-14-11(7-9)13(19)8-15(20-14)10-3-2-4-12(17)16(10)18/h2-7,13,15H,8,19H2,1H3/t13-,15?/m1/s1. The highest BCUT2D eigenvalue weighted by Crippen LogP contribution is 2.41. The minimum absolute atomic E-state index is 0.106. The molecule has 2 aromatic rings. The van der Waals surface area contributed by atoms with E-state index in [0.29, 0.717) is 12.0 Å². The first-order valence-electron chi connectivity index (χ1n) is 6.53. The Balaban J connectivity index is 1.99. The Bertz CT molecular complexity index is 659. The van der Waals surface area contributed by atoms with Crippen LogP contribution in [0.2, 0.25) is 5.02 Å². The molecule has 1 aliphatic heterocycles. The lowest BCUT2D eigenvalue weighted by Gasteiger charge is -2.31. The van der Waals surface area contributed by atoms with E-state index in [4.69, 9.17) is 22.1 Å². The van der Waals surface area contributed by atoms with Crippen molar-refractivity contribution >= 4 is 11.6 Å². The van der Waals surface area contributed by atoms with Gasteiger partial charge >= 0.3 is 0 Å². The van der Waals surface area contributed by atoms with Crippen LogP contribution >= 0.6 is 11.6 Å². The highest BCUT2D eigenvalue weighted by atomic mass is 35.5. The first-order chi connectivity index (χ1) is 9.56. The minimum Gasteiger partial charge on any atom is -0.485 e. The largest absolute Gasteiger partial charge is 0.485 e. The zero-order chi connectivity index (χ0) is 14.3. The lowest BCUT2D eigenvalue weighted by molar-refractivity contribution is 0.157. The van der Waals surface area contributed by atoms with Crippen molar-refractivity contribution in [2.24, 2.45) is 5.73 Å². The monoisotopic (exact) mass is 291 g/mol. The molecule has 0 saturated carbocycles. The van der Waals surface area contributed by atoms with Gasteiger partial charge in [0.05, 0.1) is 5.02 Å². The molecule has 0 spiro atoms. The van der Waals surface area contributed by atoms with Gasteiger partial charge in [0, 0.05) is 23.6 Å². The van der Waals surface area contributed by atoms with E-state index in [9.17, 15) is 4.39 Å². The SMILES string of the molecule is Cc1ccc2c(c1)[C@H](N)CC(c1cccc(Cl)c1F)O2. The van der Waals surface area contributed by atoms with Crippen LogP contribution in [0.15, 0.2) is 36.4 Å². The number of hydrogen-bond acceptors (Lipinski definition) is 2. The fraction of sp³-hybridized carbons (Fsp3) is 0.250. The van der Waals surface area contributed by atoms with Crippen molar-refractivity contribution in [3.8, 4) is 5.75 Å². The van der Waals surface area contributed by atoms with E-state index in [1.165, 1.54) is 6.07 Å². The zero-order valence-corrected chi connectivity index (χ0v) is 11.8. The molecule has 1 unspecified atom stereocenters. The third-order valence-corrected chi connectivity index (χ3v) is 3.92. The molecule has 1 aliphatic rings. The minimum atomic E-state index is -0.429. The highest BCUT2D eigenvalue weighted by Gasteiger charge is 2.29. The molecule has 4 heteroatoms. The van der Waals surface area contributed by atoms with E-state index in [2.05, 4.69) is 0 Å². The van der Waals surface area contributed by atoms with Crippen molar-refractivity contribution in [2.75, 3.05) is 0 Å². The summed E-state index contributed by atoms with van der Waals surface area (Å²) in [5.74, 6) is 0.292. The van der Waals surface area contributed by atoms with Crippen LogP contribution < -0.4 is 10.5 Å². The van der Waals surface area contributed by atoms with E-state index < -0.39 is 11.9 Å². The van der Waals surface area contributed by atoms with Crippen LogP contribution in [-0.4, -0.2) is 0 Å². The van der Waals surface area contributed by atoms with E-state index in [1.54, 1.807) is 12.1 Å². The van der Waals surface area contributed by atoms with Gasteiger partial charge in [-0.25, -0.2) is 4.39 Å². The van der Waals surface area contributed by atoms with E-state index >= 15 is 0 Å². The van der Waals surface area contributed by atoms with Crippen molar-refractivity contribution in [1.29, 1.82) is 0 Å². The zero-order valence-electron chi connectivity index (χ0n) is 11.1. The molecule has 0 amide bonds. The van der Waals surface area contributed by atoms with Crippen LogP contribution in [0.25, 0.3) is 0 Å². The number of ether oxygens (including phenoxy) is 1. The first-order valence-corrected chi connectivity index (χ1v) is 6.90. The summed E-state index contributed by atoms with van der Waals surface area (Å²) in [5, 5.41) is 0.106. The Kier molecular flexibility index (Phi) is 3.40. The molecule has 2 atom stereocenters. The van der Waals surface area contributed by atoms with Gasteiger partial charge in [0.2, 0.25) is 0 Å². The van der Waals surface area contributed by atoms with Gasteiger partial charge in [-0.2, -0.15) is 0 Å². The van der Waals surface area contributed by atoms with Crippen molar-refractivity contribution in [3.63, 3.8) is 0 Å². The van der Waals surface area contributed by atoms with Gasteiger partial charge in [-0.1, -0.05) is 41.4 Å². The maximum atomic E-state index is 14.1. The van der Waals surface area contributed by atoms with Crippen LogP contribution in [0, 0.1) is 12.7 Å². The Labute approximate surface area is 122 Å². The molecule has 3 rings (SSSR count). The lowest BCUT2D eigenvalue weighted by Crippen LogP contribution is -2.24. The van der Waals surface area contributed by atoms with E-state index in [-0.39, 0.29) is 11.1 Å². The number of benzene rings is 2. The van der Waals surface area contributed by atoms with Crippen molar-refractivity contribution in [1.82, 2.24) is 0 Å². The maximum absolute atomic E-state index is 14.1. The summed E-state index contributed by atoms with van der Waals surface area (Å²) >= 11 is 5.83. The number of rotatable bonds is 1. The molecule has 0 aromatic heterocycles. The van der Waals surface area contributed by atoms with Crippen LogP contribution in [-0.2, 0) is 0 Å². The van der Waals surface area contributed by atoms with Gasteiger partial charge in [-0.05, 0) is 19.1 Å². The molecule has 0 saturated heterocycles. The molecule has 1 heterocycles. The number of aryl methyl sites for hydroxylation is 1. The molecule has 0 aliphatic carbocycles. The number of nitrogens with two attached hydrogens (primary N) is 1. The molecule has 20 heavy (non-hydrogen) atoms. The topological polar surface area (TPSA) is 35.2 Å². The van der Waals surface area contributed by atoms with Gasteiger partial charge in [0.1, 0.15) is 17.7 Å². The predicted octanol–water partition coefficient (Wildman–Crippen LogP) is 4.31. The summed E-state index contributed by atoms with van der Waals surface area (Å²) in [6.07, 6.45) is 0.132. The molecule has 0 bridgehead atoms. The quantitative estimate of drug-likeness (QED) is 0.849. The van der Waals surface area contributed by atoms with Crippen LogP contribution in [0.1, 0.15) is 35.3 Å². The molecule has 2 nitrogen and oxygen atoms in total. The second-order valence-electron chi connectivity index (χ2n) is 5.13. The lowest BCUT2D eigenvalue weighted by atomic mass is 9.92. The summed E-state index contributed by atoms with van der Waals surface area (Å²) in [6, 6.07) is 10.6. The second-order valence-corrected chi connectivity index (χ2v) is 5.54. The van der Waals surface area contributed by atoms with Crippen LogP contribution in [0.4, 0.5) is 4.39 Å². The van der Waals surface area contributed by atoms with Crippen molar-refractivity contribution in [3.05, 3.63) is 63.9 Å². The van der Waals surface area contributed by atoms with E-state index in [0.717, 1.165) is 16.9 Å². The number of fused-ring (bicyclic) bond motifs is 1. The average molecular weight is 292 g/mol. The molecule has 2 N–H and O–H groups in total. The fourth-order valence-electron chi connectivity index (χ4n) is 2.58. The summed E-state index contributed by atoms with van der Waals surface area (Å²) < 4.78 is 20.0.